The zero-order chi connectivity index (χ0) is 22.0. The molecular formula is C21H17F2N5O2S. The Bertz CT molecular complexity index is 1320. The zero-order valence-electron chi connectivity index (χ0n) is 16.4. The maximum Gasteiger partial charge on any atom is 0.282 e. The molecule has 4 aromatic rings. The van der Waals surface area contributed by atoms with Gasteiger partial charge in [-0.15, -0.1) is 0 Å². The van der Waals surface area contributed by atoms with Gasteiger partial charge in [0.05, 0.1) is 24.2 Å². The molecule has 0 saturated heterocycles. The quantitative estimate of drug-likeness (QED) is 0.367. The molecule has 2 heterocycles. The van der Waals surface area contributed by atoms with Crippen LogP contribution in [-0.4, -0.2) is 31.0 Å². The highest BCUT2D eigenvalue weighted by molar-refractivity contribution is 7.99. The van der Waals surface area contributed by atoms with E-state index in [9.17, 15) is 18.4 Å². The number of thioether (sulfide) groups is 1. The van der Waals surface area contributed by atoms with Gasteiger partial charge >= 0.3 is 0 Å². The number of aryl methyl sites for hydroxylation is 1. The largest absolute Gasteiger partial charge is 0.323 e. The number of aromatic nitrogens is 4. The summed E-state index contributed by atoms with van der Waals surface area (Å²) in [4.78, 5) is 29.8. The van der Waals surface area contributed by atoms with E-state index in [0.717, 1.165) is 29.5 Å². The first-order chi connectivity index (χ1) is 14.9. The summed E-state index contributed by atoms with van der Waals surface area (Å²) in [6, 6.07) is 12.3. The first-order valence-corrected chi connectivity index (χ1v) is 10.2. The van der Waals surface area contributed by atoms with Crippen molar-refractivity contribution in [3.8, 4) is 0 Å². The van der Waals surface area contributed by atoms with Crippen LogP contribution in [-0.2, 0) is 18.4 Å². The van der Waals surface area contributed by atoms with Crippen LogP contribution >= 0.6 is 11.8 Å². The van der Waals surface area contributed by atoms with Gasteiger partial charge < -0.3 is 5.32 Å². The third-order valence-corrected chi connectivity index (χ3v) is 5.40. The fraction of sp³-hybridized carbons (Fsp3) is 0.143. The number of halogens is 2. The summed E-state index contributed by atoms with van der Waals surface area (Å²) in [6.45, 7) is 0.260. The molecular weight excluding hydrogens is 424 g/mol. The smallest absolute Gasteiger partial charge is 0.282 e. The van der Waals surface area contributed by atoms with Gasteiger partial charge in [-0.05, 0) is 17.7 Å². The summed E-state index contributed by atoms with van der Waals surface area (Å²) in [5, 5.41) is 6.92. The number of carbonyl (C=O) groups is 1. The molecule has 0 atom stereocenters. The van der Waals surface area contributed by atoms with Crippen molar-refractivity contribution in [2.24, 2.45) is 7.05 Å². The zero-order valence-corrected chi connectivity index (χ0v) is 17.2. The number of anilines is 1. The van der Waals surface area contributed by atoms with Gasteiger partial charge in [0.2, 0.25) is 5.91 Å². The molecule has 0 spiro atoms. The average Bonchev–Trinajstić information content (AvgIpc) is 3.12. The minimum absolute atomic E-state index is 0.121. The number of hydrogen-bond acceptors (Lipinski definition) is 5. The van der Waals surface area contributed by atoms with E-state index in [2.05, 4.69) is 15.4 Å². The van der Waals surface area contributed by atoms with Crippen molar-refractivity contribution >= 4 is 34.4 Å². The number of nitrogens with one attached hydrogen (secondary N) is 1. The molecule has 0 bridgehead atoms. The first-order valence-electron chi connectivity index (χ1n) is 9.26. The van der Waals surface area contributed by atoms with E-state index in [0.29, 0.717) is 16.7 Å². The molecule has 2 aromatic heterocycles. The molecule has 0 aliphatic rings. The lowest BCUT2D eigenvalue weighted by Crippen LogP contribution is -2.25. The number of nitrogens with zero attached hydrogens (tertiary/aromatic N) is 4. The maximum absolute atomic E-state index is 13.8. The fourth-order valence-electron chi connectivity index (χ4n) is 3.01. The standard InChI is InChI=1S/C21H17F2N5O2S/c1-27-11-17-19(26-27)20(30)28(10-13-5-3-2-4-6-13)21(25-17)31-12-18(29)24-16-8-7-14(22)9-15(16)23/h2-9,11H,10,12H2,1H3,(H,24,29). The van der Waals surface area contributed by atoms with Crippen molar-refractivity contribution in [2.75, 3.05) is 11.1 Å². The predicted molar refractivity (Wildman–Crippen MR) is 114 cm³/mol. The molecule has 0 fully saturated rings. The van der Waals surface area contributed by atoms with Gasteiger partial charge in [-0.2, -0.15) is 5.10 Å². The second-order valence-electron chi connectivity index (χ2n) is 6.77. The van der Waals surface area contributed by atoms with Crippen LogP contribution in [0.15, 0.2) is 64.7 Å². The van der Waals surface area contributed by atoms with Crippen molar-refractivity contribution in [1.82, 2.24) is 19.3 Å². The normalized spacial score (nSPS) is 11.1. The molecule has 4 rings (SSSR count). The highest BCUT2D eigenvalue weighted by Gasteiger charge is 2.16. The van der Waals surface area contributed by atoms with Crippen molar-refractivity contribution in [3.63, 3.8) is 0 Å². The van der Waals surface area contributed by atoms with E-state index in [1.54, 1.807) is 13.2 Å². The number of benzene rings is 2. The average molecular weight is 441 g/mol. The second-order valence-corrected chi connectivity index (χ2v) is 7.71. The van der Waals surface area contributed by atoms with E-state index in [1.165, 1.54) is 9.25 Å². The lowest BCUT2D eigenvalue weighted by atomic mass is 10.2. The van der Waals surface area contributed by atoms with Crippen molar-refractivity contribution in [3.05, 3.63) is 82.3 Å². The van der Waals surface area contributed by atoms with Crippen molar-refractivity contribution in [1.29, 1.82) is 0 Å². The lowest BCUT2D eigenvalue weighted by molar-refractivity contribution is -0.113. The second kappa shape index (κ2) is 8.68. The molecule has 0 radical (unpaired) electrons. The Morgan fingerprint density at radius 3 is 2.68 bits per heavy atom. The van der Waals surface area contributed by atoms with E-state index >= 15 is 0 Å². The summed E-state index contributed by atoms with van der Waals surface area (Å²) >= 11 is 1.05. The van der Waals surface area contributed by atoms with Gasteiger partial charge in [-0.25, -0.2) is 13.8 Å². The van der Waals surface area contributed by atoms with Crippen molar-refractivity contribution in [2.45, 2.75) is 11.7 Å². The van der Waals surface area contributed by atoms with Gasteiger partial charge in [0.25, 0.3) is 5.56 Å². The molecule has 7 nitrogen and oxygen atoms in total. The van der Waals surface area contributed by atoms with Gasteiger partial charge in [0.1, 0.15) is 17.2 Å². The van der Waals surface area contributed by atoms with E-state index in [-0.39, 0.29) is 29.1 Å². The molecule has 158 valence electrons. The van der Waals surface area contributed by atoms with Crippen molar-refractivity contribution < 1.29 is 13.6 Å². The van der Waals surface area contributed by atoms with Gasteiger partial charge in [0, 0.05) is 13.1 Å². The van der Waals surface area contributed by atoms with E-state index in [4.69, 9.17) is 0 Å². The molecule has 0 aliphatic heterocycles. The lowest BCUT2D eigenvalue weighted by Gasteiger charge is -2.12. The summed E-state index contributed by atoms with van der Waals surface area (Å²) in [7, 11) is 1.69. The molecule has 0 unspecified atom stereocenters. The Balaban J connectivity index is 1.60. The van der Waals surface area contributed by atoms with Gasteiger partial charge in [0.15, 0.2) is 10.7 Å². The van der Waals surface area contributed by atoms with Crippen LogP contribution in [0.3, 0.4) is 0 Å². The number of fused-ring (bicyclic) bond motifs is 1. The van der Waals surface area contributed by atoms with Gasteiger partial charge in [-0.1, -0.05) is 42.1 Å². The number of carbonyl (C=O) groups excluding carboxylic acids is 1. The van der Waals surface area contributed by atoms with E-state index in [1.807, 2.05) is 30.3 Å². The molecule has 1 N–H and O–H groups in total. The van der Waals surface area contributed by atoms with Crippen LogP contribution in [0, 0.1) is 11.6 Å². The molecule has 0 saturated carbocycles. The van der Waals surface area contributed by atoms with E-state index < -0.39 is 17.5 Å². The Morgan fingerprint density at radius 1 is 1.16 bits per heavy atom. The highest BCUT2D eigenvalue weighted by Crippen LogP contribution is 2.20. The SMILES string of the molecule is Cn1cc2nc(SCC(=O)Nc3ccc(F)cc3F)n(Cc3ccccc3)c(=O)c2n1. The van der Waals surface area contributed by atoms with Crippen LogP contribution in [0.4, 0.5) is 14.5 Å². The highest BCUT2D eigenvalue weighted by atomic mass is 32.2. The monoisotopic (exact) mass is 441 g/mol. The molecule has 10 heteroatoms. The summed E-state index contributed by atoms with van der Waals surface area (Å²) in [6.07, 6.45) is 1.63. The predicted octanol–water partition coefficient (Wildman–Crippen LogP) is 3.19. The Kier molecular flexibility index (Phi) is 5.81. The minimum atomic E-state index is -0.866. The third-order valence-electron chi connectivity index (χ3n) is 4.43. The molecule has 31 heavy (non-hydrogen) atoms. The number of amides is 1. The molecule has 1 amide bonds. The van der Waals surface area contributed by atoms with Crippen LogP contribution in [0.1, 0.15) is 5.56 Å². The van der Waals surface area contributed by atoms with Crippen LogP contribution in [0.5, 0.6) is 0 Å². The Morgan fingerprint density at radius 2 is 1.94 bits per heavy atom. The number of rotatable bonds is 6. The topological polar surface area (TPSA) is 81.8 Å². The molecule has 2 aromatic carbocycles. The summed E-state index contributed by atoms with van der Waals surface area (Å²) in [5.41, 5.74) is 1.11. The number of hydrogen-bond donors (Lipinski definition) is 1. The maximum atomic E-state index is 13.8. The Labute approximate surface area is 179 Å². The molecule has 0 aliphatic carbocycles. The minimum Gasteiger partial charge on any atom is -0.323 e. The third kappa shape index (κ3) is 4.64. The van der Waals surface area contributed by atoms with Crippen LogP contribution in [0.2, 0.25) is 0 Å². The summed E-state index contributed by atoms with van der Waals surface area (Å²) in [5.74, 6) is -2.23. The van der Waals surface area contributed by atoms with Crippen LogP contribution < -0.4 is 10.9 Å². The van der Waals surface area contributed by atoms with Crippen LogP contribution in [0.25, 0.3) is 11.0 Å². The van der Waals surface area contributed by atoms with Gasteiger partial charge in [-0.3, -0.25) is 18.8 Å². The first kappa shape index (κ1) is 20.7. The Hall–Kier alpha value is -3.53. The summed E-state index contributed by atoms with van der Waals surface area (Å²) < 4.78 is 29.8. The fourth-order valence-corrected chi connectivity index (χ4v) is 3.81.